The van der Waals surface area contributed by atoms with Gasteiger partial charge >= 0.3 is 0 Å². The van der Waals surface area contributed by atoms with Crippen molar-refractivity contribution in [2.45, 2.75) is 18.2 Å². The van der Waals surface area contributed by atoms with Gasteiger partial charge in [-0.15, -0.1) is 12.6 Å². The van der Waals surface area contributed by atoms with Crippen LogP contribution in [0, 0.1) is 12.8 Å². The smallest absolute Gasteiger partial charge is 0.227 e. The lowest BCUT2D eigenvalue weighted by Crippen LogP contribution is -2.23. The molecule has 4 heteroatoms. The minimum absolute atomic E-state index is 0.00315. The summed E-state index contributed by atoms with van der Waals surface area (Å²) in [6.45, 7) is 2.86. The highest BCUT2D eigenvalue weighted by Gasteiger charge is 2.27. The van der Waals surface area contributed by atoms with E-state index in [4.69, 9.17) is 5.11 Å². The molecule has 17 heavy (non-hydrogen) atoms. The number of benzene rings is 1. The molecule has 1 atom stereocenters. The summed E-state index contributed by atoms with van der Waals surface area (Å²) in [4.78, 5) is 13.6. The molecule has 94 valence electrons. The highest BCUT2D eigenvalue weighted by atomic mass is 32.1. The fourth-order valence-corrected chi connectivity index (χ4v) is 1.76. The molecule has 0 aliphatic carbocycles. The quantitative estimate of drug-likeness (QED) is 0.749. The summed E-state index contributed by atoms with van der Waals surface area (Å²) in [5.41, 5.74) is 1.28. The van der Waals surface area contributed by atoms with E-state index in [1.165, 1.54) is 5.56 Å². The molecule has 1 N–H and O–H groups in total. The number of amides is 1. The number of carbonyl (C=O) groups is 1. The molecule has 2 rings (SSSR count). The van der Waals surface area contributed by atoms with Gasteiger partial charge < -0.3 is 10.0 Å². The Kier molecular flexibility index (Phi) is 5.51. The molecule has 0 saturated carbocycles. The second-order valence-corrected chi connectivity index (χ2v) is 4.78. The Morgan fingerprint density at radius 2 is 2.00 bits per heavy atom. The van der Waals surface area contributed by atoms with Gasteiger partial charge in [0, 0.05) is 18.5 Å². The average Bonchev–Trinajstić information content (AvgIpc) is 2.64. The van der Waals surface area contributed by atoms with Crippen LogP contribution < -0.4 is 0 Å². The van der Waals surface area contributed by atoms with E-state index in [0.717, 1.165) is 17.9 Å². The number of nitrogens with zero attached hydrogens (tertiary/aromatic N) is 1. The predicted octanol–water partition coefficient (Wildman–Crippen LogP) is 1.74. The van der Waals surface area contributed by atoms with E-state index in [1.807, 2.05) is 24.3 Å². The van der Waals surface area contributed by atoms with Crippen LogP contribution in [-0.4, -0.2) is 36.1 Å². The van der Waals surface area contributed by atoms with Gasteiger partial charge in [0.15, 0.2) is 0 Å². The Labute approximate surface area is 108 Å². The van der Waals surface area contributed by atoms with Crippen molar-refractivity contribution in [1.29, 1.82) is 0 Å². The molecule has 1 aromatic carbocycles. The number of hydrogen-bond donors (Lipinski definition) is 2. The zero-order valence-corrected chi connectivity index (χ0v) is 11.2. The van der Waals surface area contributed by atoms with Crippen LogP contribution in [0.5, 0.6) is 0 Å². The molecule has 0 aromatic heterocycles. The third kappa shape index (κ3) is 4.40. The number of likely N-dealkylation sites (tertiary alicyclic amines) is 1. The van der Waals surface area contributed by atoms with Gasteiger partial charge in [0.05, 0.1) is 12.5 Å². The maximum atomic E-state index is 10.9. The number of aryl methyl sites for hydroxylation is 1. The van der Waals surface area contributed by atoms with Crippen molar-refractivity contribution in [2.24, 2.45) is 5.92 Å². The molecule has 3 nitrogen and oxygen atoms in total. The van der Waals surface area contributed by atoms with Crippen LogP contribution in [0.25, 0.3) is 0 Å². The number of thiol groups is 1. The first-order valence-corrected chi connectivity index (χ1v) is 6.10. The molecule has 1 fully saturated rings. The summed E-state index contributed by atoms with van der Waals surface area (Å²) < 4.78 is 0. The highest BCUT2D eigenvalue weighted by molar-refractivity contribution is 7.80. The minimum Gasteiger partial charge on any atom is -0.396 e. The predicted molar refractivity (Wildman–Crippen MR) is 71.3 cm³/mol. The van der Waals surface area contributed by atoms with E-state index in [1.54, 1.807) is 11.9 Å². The Morgan fingerprint density at radius 1 is 1.41 bits per heavy atom. The van der Waals surface area contributed by atoms with Gasteiger partial charge in [-0.3, -0.25) is 4.79 Å². The lowest BCUT2D eigenvalue weighted by Gasteiger charge is -2.06. The number of hydrogen-bond acceptors (Lipinski definition) is 3. The van der Waals surface area contributed by atoms with Crippen molar-refractivity contribution in [3.8, 4) is 0 Å². The largest absolute Gasteiger partial charge is 0.396 e. The van der Waals surface area contributed by atoms with E-state index in [9.17, 15) is 4.79 Å². The van der Waals surface area contributed by atoms with Crippen molar-refractivity contribution in [3.63, 3.8) is 0 Å². The van der Waals surface area contributed by atoms with Crippen molar-refractivity contribution in [3.05, 3.63) is 29.8 Å². The first kappa shape index (κ1) is 14.1. The highest BCUT2D eigenvalue weighted by Crippen LogP contribution is 2.14. The van der Waals surface area contributed by atoms with E-state index in [-0.39, 0.29) is 18.4 Å². The summed E-state index contributed by atoms with van der Waals surface area (Å²) in [5.74, 6) is -0.0347. The summed E-state index contributed by atoms with van der Waals surface area (Å²) in [5, 5.41) is 8.61. The van der Waals surface area contributed by atoms with Crippen molar-refractivity contribution >= 4 is 18.5 Å². The second-order valence-electron chi connectivity index (χ2n) is 4.26. The van der Waals surface area contributed by atoms with Gasteiger partial charge in [-0.25, -0.2) is 0 Å². The van der Waals surface area contributed by atoms with E-state index in [0.29, 0.717) is 0 Å². The van der Waals surface area contributed by atoms with Gasteiger partial charge in [0.2, 0.25) is 5.91 Å². The third-order valence-corrected chi connectivity index (χ3v) is 3.09. The number of aliphatic hydroxyl groups is 1. The van der Waals surface area contributed by atoms with Crippen LogP contribution in [0.15, 0.2) is 29.2 Å². The molecule has 0 bridgehead atoms. The summed E-state index contributed by atoms with van der Waals surface area (Å²) >= 11 is 4.13. The fraction of sp³-hybridized carbons (Fsp3) is 0.462. The normalized spacial score (nSPS) is 18.9. The summed E-state index contributed by atoms with van der Waals surface area (Å²) in [6.07, 6.45) is 0.811. The standard InChI is InChI=1S/C7H8S.C6H11NO2/c1-6-2-4-7(8)5-3-6;1-7-3-2-5(4-8)6(7)9/h2-5,8H,1H3;5,8H,2-4H2,1H3. The molecule has 1 amide bonds. The Balaban J connectivity index is 0.000000171. The first-order valence-electron chi connectivity index (χ1n) is 5.66. The Morgan fingerprint density at radius 3 is 2.29 bits per heavy atom. The van der Waals surface area contributed by atoms with Gasteiger partial charge in [0.1, 0.15) is 0 Å². The zero-order chi connectivity index (χ0) is 12.8. The van der Waals surface area contributed by atoms with Gasteiger partial charge in [-0.2, -0.15) is 0 Å². The van der Waals surface area contributed by atoms with Crippen LogP contribution >= 0.6 is 12.6 Å². The van der Waals surface area contributed by atoms with Crippen LogP contribution in [-0.2, 0) is 4.79 Å². The number of rotatable bonds is 1. The van der Waals surface area contributed by atoms with Crippen molar-refractivity contribution in [1.82, 2.24) is 4.90 Å². The molecule has 1 aromatic rings. The Hall–Kier alpha value is -1.00. The van der Waals surface area contributed by atoms with Crippen LogP contribution in [0.2, 0.25) is 0 Å². The topological polar surface area (TPSA) is 40.5 Å². The zero-order valence-electron chi connectivity index (χ0n) is 10.3. The maximum absolute atomic E-state index is 10.9. The summed E-state index contributed by atoms with van der Waals surface area (Å²) in [7, 11) is 1.76. The fourth-order valence-electron chi connectivity index (χ4n) is 1.61. The summed E-state index contributed by atoms with van der Waals surface area (Å²) in [6, 6.07) is 8.06. The monoisotopic (exact) mass is 253 g/mol. The van der Waals surface area contributed by atoms with Gasteiger partial charge in [-0.1, -0.05) is 17.7 Å². The van der Waals surface area contributed by atoms with Crippen molar-refractivity contribution < 1.29 is 9.90 Å². The molecule has 0 radical (unpaired) electrons. The lowest BCUT2D eigenvalue weighted by molar-refractivity contribution is -0.130. The first-order chi connectivity index (χ1) is 8.04. The third-order valence-electron chi connectivity index (χ3n) is 2.79. The minimum atomic E-state index is -0.116. The van der Waals surface area contributed by atoms with E-state index < -0.39 is 0 Å². The van der Waals surface area contributed by atoms with Gasteiger partial charge in [-0.05, 0) is 25.5 Å². The van der Waals surface area contributed by atoms with Crippen LogP contribution in [0.1, 0.15) is 12.0 Å². The molecular weight excluding hydrogens is 234 g/mol. The molecular formula is C13H19NO2S. The molecule has 1 unspecified atom stereocenters. The maximum Gasteiger partial charge on any atom is 0.227 e. The Bertz CT molecular complexity index is 343. The van der Waals surface area contributed by atoms with E-state index >= 15 is 0 Å². The lowest BCUT2D eigenvalue weighted by atomic mass is 10.1. The van der Waals surface area contributed by atoms with Crippen LogP contribution in [0.4, 0.5) is 0 Å². The van der Waals surface area contributed by atoms with Crippen LogP contribution in [0.3, 0.4) is 0 Å². The average molecular weight is 253 g/mol. The van der Waals surface area contributed by atoms with Gasteiger partial charge in [0.25, 0.3) is 0 Å². The SMILES string of the molecule is CN1CCC(CO)C1=O.Cc1ccc(S)cc1. The number of aliphatic hydroxyl groups excluding tert-OH is 1. The van der Waals surface area contributed by atoms with E-state index in [2.05, 4.69) is 19.6 Å². The van der Waals surface area contributed by atoms with Crippen molar-refractivity contribution in [2.75, 3.05) is 20.2 Å². The number of carbonyl (C=O) groups excluding carboxylic acids is 1. The molecule has 1 saturated heterocycles. The molecule has 1 aliphatic rings. The second kappa shape index (κ2) is 6.67. The molecule has 1 heterocycles. The molecule has 0 spiro atoms. The molecule has 1 aliphatic heterocycles.